The van der Waals surface area contributed by atoms with Gasteiger partial charge in [0.1, 0.15) is 21.9 Å². The van der Waals surface area contributed by atoms with Crippen molar-refractivity contribution in [2.24, 2.45) is 0 Å². The second kappa shape index (κ2) is 9.12. The number of aryl methyl sites for hydroxylation is 2. The highest BCUT2D eigenvalue weighted by molar-refractivity contribution is 7.89. The van der Waals surface area contributed by atoms with Crippen molar-refractivity contribution in [3.05, 3.63) is 52.9 Å². The Labute approximate surface area is 192 Å². The molecular weight excluding hydrogens is 446 g/mol. The van der Waals surface area contributed by atoms with Crippen molar-refractivity contribution in [3.63, 3.8) is 0 Å². The molecule has 0 spiro atoms. The summed E-state index contributed by atoms with van der Waals surface area (Å²) in [6.07, 6.45) is 0.623. The van der Waals surface area contributed by atoms with Crippen LogP contribution in [0.5, 0.6) is 5.75 Å². The second-order valence-electron chi connectivity index (χ2n) is 8.15. The predicted octanol–water partition coefficient (Wildman–Crippen LogP) is 2.83. The molecule has 1 aliphatic heterocycles. The van der Waals surface area contributed by atoms with Gasteiger partial charge in [-0.15, -0.1) is 0 Å². The molecule has 33 heavy (non-hydrogen) atoms. The fourth-order valence-electron chi connectivity index (χ4n) is 4.38. The number of phenolic OH excluding ortho intramolecular Hbond substituents is 1. The first-order valence-electron chi connectivity index (χ1n) is 10.7. The van der Waals surface area contributed by atoms with Crippen LogP contribution >= 0.6 is 0 Å². The summed E-state index contributed by atoms with van der Waals surface area (Å²) in [5.41, 5.74) is 1.09. The van der Waals surface area contributed by atoms with Crippen molar-refractivity contribution in [1.82, 2.24) is 14.4 Å². The van der Waals surface area contributed by atoms with Crippen LogP contribution < -0.4 is 0 Å². The Balaban J connectivity index is 1.60. The Morgan fingerprint density at radius 2 is 1.94 bits per heavy atom. The number of aromatic nitrogens is 1. The van der Waals surface area contributed by atoms with Gasteiger partial charge in [-0.1, -0.05) is 29.4 Å². The third-order valence-electron chi connectivity index (χ3n) is 6.03. The topological polar surface area (TPSA) is 113 Å². The van der Waals surface area contributed by atoms with E-state index >= 15 is 0 Å². The number of methoxy groups -OCH3 is 1. The average Bonchev–Trinajstić information content (AvgIpc) is 2.99. The summed E-state index contributed by atoms with van der Waals surface area (Å²) in [5, 5.41) is 16.4. The first kappa shape index (κ1) is 23.2. The number of rotatable bonds is 5. The molecule has 1 N–H and O–H groups in total. The minimum Gasteiger partial charge on any atom is -0.507 e. The van der Waals surface area contributed by atoms with Gasteiger partial charge in [0.05, 0.1) is 7.11 Å². The van der Waals surface area contributed by atoms with Crippen LogP contribution in [0.25, 0.3) is 10.8 Å². The van der Waals surface area contributed by atoms with Crippen LogP contribution in [0.4, 0.5) is 0 Å². The summed E-state index contributed by atoms with van der Waals surface area (Å²) < 4.78 is 37.8. The number of ether oxygens (including phenoxy) is 1. The monoisotopic (exact) mass is 473 g/mol. The van der Waals surface area contributed by atoms with Gasteiger partial charge in [-0.2, -0.15) is 4.31 Å². The van der Waals surface area contributed by atoms with Gasteiger partial charge in [0.25, 0.3) is 0 Å². The highest BCUT2D eigenvalue weighted by Crippen LogP contribution is 2.33. The van der Waals surface area contributed by atoms with E-state index in [1.165, 1.54) is 11.4 Å². The van der Waals surface area contributed by atoms with Crippen molar-refractivity contribution in [2.75, 3.05) is 33.3 Å². The molecule has 10 heteroatoms. The molecule has 2 aromatic carbocycles. The molecule has 1 aromatic heterocycles. The fraction of sp³-hybridized carbons (Fsp3) is 0.391. The van der Waals surface area contributed by atoms with Crippen molar-refractivity contribution in [3.8, 4) is 5.75 Å². The molecule has 0 amide bonds. The zero-order chi connectivity index (χ0) is 23.8. The van der Waals surface area contributed by atoms with Gasteiger partial charge in [-0.25, -0.2) is 13.2 Å². The molecule has 2 heterocycles. The third kappa shape index (κ3) is 4.33. The number of fused-ring (bicyclic) bond motifs is 1. The largest absolute Gasteiger partial charge is 0.507 e. The van der Waals surface area contributed by atoms with Crippen LogP contribution in [0.15, 0.2) is 39.8 Å². The number of sulfonamides is 1. The van der Waals surface area contributed by atoms with Crippen LogP contribution in [0, 0.1) is 13.8 Å². The normalized spacial score (nSPS) is 16.1. The number of benzene rings is 2. The molecule has 0 bridgehead atoms. The molecule has 1 aliphatic rings. The summed E-state index contributed by atoms with van der Waals surface area (Å²) in [6, 6.07) is 9.15. The number of hydrogen-bond donors (Lipinski definition) is 1. The minimum absolute atomic E-state index is 0.106. The lowest BCUT2D eigenvalue weighted by molar-refractivity contribution is 0.0597. The summed E-state index contributed by atoms with van der Waals surface area (Å²) in [4.78, 5) is 14.4. The molecule has 4 rings (SSSR count). The highest BCUT2D eigenvalue weighted by Gasteiger charge is 2.32. The van der Waals surface area contributed by atoms with E-state index < -0.39 is 16.0 Å². The molecule has 0 radical (unpaired) electrons. The minimum atomic E-state index is -3.72. The SMILES string of the molecule is COC(=O)c1cc2ccccc2c(CN2CCCN(S(=O)(=O)c3c(C)noc3C)CC2)c1O. The molecule has 0 unspecified atom stereocenters. The van der Waals surface area contributed by atoms with E-state index in [2.05, 4.69) is 10.1 Å². The lowest BCUT2D eigenvalue weighted by Gasteiger charge is -2.23. The number of phenols is 1. The molecular formula is C23H27N3O6S. The standard InChI is InChI=1S/C23H27N3O6S/c1-15-22(16(2)32-24-15)33(29,30)26-10-6-9-25(11-12-26)14-20-18-8-5-4-7-17(18)13-19(21(20)27)23(28)31-3/h4-5,7-8,13,27H,6,9-12,14H2,1-3H3. The number of carbonyl (C=O) groups excluding carboxylic acids is 1. The zero-order valence-electron chi connectivity index (χ0n) is 18.9. The lowest BCUT2D eigenvalue weighted by Crippen LogP contribution is -2.35. The van der Waals surface area contributed by atoms with Gasteiger partial charge >= 0.3 is 5.97 Å². The van der Waals surface area contributed by atoms with E-state index in [-0.39, 0.29) is 22.0 Å². The Morgan fingerprint density at radius 1 is 1.18 bits per heavy atom. The van der Waals surface area contributed by atoms with Crippen LogP contribution in [-0.2, 0) is 21.3 Å². The van der Waals surface area contributed by atoms with Crippen molar-refractivity contribution < 1.29 is 27.6 Å². The highest BCUT2D eigenvalue weighted by atomic mass is 32.2. The summed E-state index contributed by atoms with van der Waals surface area (Å²) in [7, 11) is -2.45. The third-order valence-corrected chi connectivity index (χ3v) is 8.17. The molecule has 1 fully saturated rings. The van der Waals surface area contributed by atoms with Gasteiger partial charge in [0, 0.05) is 31.7 Å². The maximum atomic E-state index is 13.2. The van der Waals surface area contributed by atoms with Gasteiger partial charge in [0.2, 0.25) is 10.0 Å². The van der Waals surface area contributed by atoms with Crippen molar-refractivity contribution in [2.45, 2.75) is 31.7 Å². The number of hydrogen-bond acceptors (Lipinski definition) is 8. The summed E-state index contributed by atoms with van der Waals surface area (Å²) in [5.74, 6) is -0.429. The quantitative estimate of drug-likeness (QED) is 0.563. The van der Waals surface area contributed by atoms with E-state index in [1.54, 1.807) is 19.9 Å². The van der Waals surface area contributed by atoms with Crippen molar-refractivity contribution in [1.29, 1.82) is 0 Å². The van der Waals surface area contributed by atoms with Crippen LogP contribution in [0.2, 0.25) is 0 Å². The van der Waals surface area contributed by atoms with Crippen LogP contribution in [0.1, 0.15) is 33.8 Å². The number of carbonyl (C=O) groups is 1. The fourth-order valence-corrected chi connectivity index (χ4v) is 6.14. The number of aromatic hydroxyl groups is 1. The smallest absolute Gasteiger partial charge is 0.341 e. The molecule has 9 nitrogen and oxygen atoms in total. The maximum absolute atomic E-state index is 13.2. The van der Waals surface area contributed by atoms with E-state index in [1.807, 2.05) is 24.3 Å². The Morgan fingerprint density at radius 3 is 2.64 bits per heavy atom. The average molecular weight is 474 g/mol. The first-order chi connectivity index (χ1) is 15.7. The van der Waals surface area contributed by atoms with E-state index in [9.17, 15) is 18.3 Å². The Hall–Kier alpha value is -2.95. The number of esters is 1. The molecule has 176 valence electrons. The van der Waals surface area contributed by atoms with E-state index in [0.717, 1.165) is 10.8 Å². The molecule has 3 aromatic rings. The molecule has 0 saturated carbocycles. The first-order valence-corrected chi connectivity index (χ1v) is 12.1. The van der Waals surface area contributed by atoms with Gasteiger partial charge in [0.15, 0.2) is 5.76 Å². The maximum Gasteiger partial charge on any atom is 0.341 e. The van der Waals surface area contributed by atoms with E-state index in [4.69, 9.17) is 9.26 Å². The molecule has 0 aliphatic carbocycles. The van der Waals surface area contributed by atoms with Gasteiger partial charge in [-0.05, 0) is 43.7 Å². The van der Waals surface area contributed by atoms with E-state index in [0.29, 0.717) is 50.4 Å². The molecule has 1 saturated heterocycles. The zero-order valence-corrected chi connectivity index (χ0v) is 19.7. The van der Waals surface area contributed by atoms with Crippen LogP contribution in [0.3, 0.4) is 0 Å². The Bertz CT molecular complexity index is 1280. The molecule has 0 atom stereocenters. The van der Waals surface area contributed by atoms with Gasteiger partial charge < -0.3 is 14.4 Å². The number of nitrogens with zero attached hydrogens (tertiary/aromatic N) is 3. The summed E-state index contributed by atoms with van der Waals surface area (Å²) >= 11 is 0. The summed E-state index contributed by atoms with van der Waals surface area (Å²) in [6.45, 7) is 5.37. The van der Waals surface area contributed by atoms with Crippen molar-refractivity contribution >= 4 is 26.8 Å². The predicted molar refractivity (Wildman–Crippen MR) is 122 cm³/mol. The second-order valence-corrected chi connectivity index (χ2v) is 10.0. The lowest BCUT2D eigenvalue weighted by atomic mass is 9.98. The van der Waals surface area contributed by atoms with Crippen LogP contribution in [-0.4, -0.2) is 67.1 Å². The Kier molecular flexibility index (Phi) is 6.42. The van der Waals surface area contributed by atoms with Gasteiger partial charge in [-0.3, -0.25) is 4.90 Å².